The highest BCUT2D eigenvalue weighted by Gasteiger charge is 2.23. The van der Waals surface area contributed by atoms with Crippen molar-refractivity contribution in [1.29, 1.82) is 0 Å². The number of hydrogen-bond donors (Lipinski definition) is 1. The first kappa shape index (κ1) is 16.7. The summed E-state index contributed by atoms with van der Waals surface area (Å²) in [5.74, 6) is -0.0212. The third-order valence-electron chi connectivity index (χ3n) is 3.45. The van der Waals surface area contributed by atoms with Gasteiger partial charge in [-0.1, -0.05) is 11.6 Å². The van der Waals surface area contributed by atoms with Crippen LogP contribution in [0.25, 0.3) is 0 Å². The lowest BCUT2D eigenvalue weighted by Gasteiger charge is -2.34. The van der Waals surface area contributed by atoms with E-state index >= 15 is 0 Å². The minimum absolute atomic E-state index is 0.0247. The minimum atomic E-state index is -0.0459. The molecule has 2 heterocycles. The number of hydrogen-bond acceptors (Lipinski definition) is 4. The molecular weight excluding hydrogens is 304 g/mol. The van der Waals surface area contributed by atoms with E-state index in [4.69, 9.17) is 11.6 Å². The van der Waals surface area contributed by atoms with Gasteiger partial charge in [-0.05, 0) is 26.0 Å². The molecule has 2 rings (SSSR count). The molecule has 0 radical (unpaired) electrons. The van der Waals surface area contributed by atoms with Gasteiger partial charge in [0.1, 0.15) is 5.15 Å². The van der Waals surface area contributed by atoms with Gasteiger partial charge in [0.2, 0.25) is 5.91 Å². The Kier molecular flexibility index (Phi) is 5.74. The summed E-state index contributed by atoms with van der Waals surface area (Å²) in [5, 5.41) is 3.25. The van der Waals surface area contributed by atoms with E-state index in [1.54, 1.807) is 17.0 Å². The molecule has 6 nitrogen and oxygen atoms in total. The maximum atomic E-state index is 12.3. The molecule has 0 saturated carbocycles. The van der Waals surface area contributed by atoms with Crippen LogP contribution in [-0.2, 0) is 4.79 Å². The lowest BCUT2D eigenvalue weighted by Crippen LogP contribution is -2.51. The molecule has 0 aliphatic carbocycles. The second kappa shape index (κ2) is 7.56. The average Bonchev–Trinajstić information content (AvgIpc) is 2.47. The smallest absolute Gasteiger partial charge is 0.255 e. The third kappa shape index (κ3) is 4.68. The maximum absolute atomic E-state index is 12.3. The molecule has 0 spiro atoms. The largest absolute Gasteiger partial charge is 0.353 e. The van der Waals surface area contributed by atoms with Crippen molar-refractivity contribution in [3.05, 3.63) is 29.0 Å². The Morgan fingerprint density at radius 1 is 1.27 bits per heavy atom. The fourth-order valence-corrected chi connectivity index (χ4v) is 2.48. The van der Waals surface area contributed by atoms with Crippen molar-refractivity contribution in [3.8, 4) is 0 Å². The second-order valence-corrected chi connectivity index (χ2v) is 6.05. The first-order valence-electron chi connectivity index (χ1n) is 7.38. The van der Waals surface area contributed by atoms with Gasteiger partial charge in [0, 0.05) is 38.4 Å². The van der Waals surface area contributed by atoms with Crippen LogP contribution < -0.4 is 5.32 Å². The standard InChI is InChI=1S/C15H21ClN4O2/c1-11(2)18-14(21)10-19-5-7-20(8-6-19)15(22)12-3-4-13(16)17-9-12/h3-4,9,11H,5-8,10H2,1-2H3,(H,18,21). The number of nitrogens with one attached hydrogen (secondary N) is 1. The molecule has 1 fully saturated rings. The molecular formula is C15H21ClN4O2. The molecule has 1 aliphatic heterocycles. The molecule has 2 amide bonds. The molecule has 0 bridgehead atoms. The molecule has 0 aromatic carbocycles. The van der Waals surface area contributed by atoms with Gasteiger partial charge < -0.3 is 10.2 Å². The maximum Gasteiger partial charge on any atom is 0.255 e. The molecule has 0 unspecified atom stereocenters. The van der Waals surface area contributed by atoms with Gasteiger partial charge in [-0.2, -0.15) is 0 Å². The topological polar surface area (TPSA) is 65.5 Å². The van der Waals surface area contributed by atoms with Crippen LogP contribution in [0.4, 0.5) is 0 Å². The Hall–Kier alpha value is -1.66. The van der Waals surface area contributed by atoms with E-state index in [9.17, 15) is 9.59 Å². The van der Waals surface area contributed by atoms with Crippen LogP contribution >= 0.6 is 11.6 Å². The van der Waals surface area contributed by atoms with E-state index in [1.807, 2.05) is 13.8 Å². The van der Waals surface area contributed by atoms with E-state index < -0.39 is 0 Å². The average molecular weight is 325 g/mol. The number of nitrogens with zero attached hydrogens (tertiary/aromatic N) is 3. The molecule has 1 aromatic rings. The first-order chi connectivity index (χ1) is 10.5. The zero-order valence-corrected chi connectivity index (χ0v) is 13.6. The van der Waals surface area contributed by atoms with Gasteiger partial charge in [0.25, 0.3) is 5.91 Å². The number of carbonyl (C=O) groups excluding carboxylic acids is 2. The summed E-state index contributed by atoms with van der Waals surface area (Å²) < 4.78 is 0. The Morgan fingerprint density at radius 2 is 1.95 bits per heavy atom. The Labute approximate surface area is 135 Å². The molecule has 0 atom stereocenters. The van der Waals surface area contributed by atoms with Gasteiger partial charge in [0.05, 0.1) is 12.1 Å². The van der Waals surface area contributed by atoms with Crippen molar-refractivity contribution >= 4 is 23.4 Å². The van der Waals surface area contributed by atoms with Crippen LogP contribution in [0.5, 0.6) is 0 Å². The predicted molar refractivity (Wildman–Crippen MR) is 84.9 cm³/mol. The molecule has 120 valence electrons. The monoisotopic (exact) mass is 324 g/mol. The summed E-state index contributed by atoms with van der Waals surface area (Å²) in [7, 11) is 0. The molecule has 1 aromatic heterocycles. The van der Waals surface area contributed by atoms with Gasteiger partial charge >= 0.3 is 0 Å². The number of rotatable bonds is 4. The second-order valence-electron chi connectivity index (χ2n) is 5.66. The summed E-state index contributed by atoms with van der Waals surface area (Å²) in [4.78, 5) is 31.8. The quantitative estimate of drug-likeness (QED) is 0.840. The zero-order chi connectivity index (χ0) is 16.1. The van der Waals surface area contributed by atoms with Crippen LogP contribution in [0.2, 0.25) is 5.15 Å². The van der Waals surface area contributed by atoms with Crippen LogP contribution in [-0.4, -0.2) is 65.4 Å². The van der Waals surface area contributed by atoms with Gasteiger partial charge in [-0.3, -0.25) is 14.5 Å². The normalized spacial score (nSPS) is 15.9. The fraction of sp³-hybridized carbons (Fsp3) is 0.533. The summed E-state index contributed by atoms with van der Waals surface area (Å²) in [6.45, 7) is 6.86. The highest BCUT2D eigenvalue weighted by atomic mass is 35.5. The predicted octanol–water partition coefficient (Wildman–Crippen LogP) is 1.02. The summed E-state index contributed by atoms with van der Waals surface area (Å²) in [5.41, 5.74) is 0.537. The van der Waals surface area contributed by atoms with E-state index in [0.29, 0.717) is 43.4 Å². The van der Waals surface area contributed by atoms with E-state index in [-0.39, 0.29) is 17.9 Å². The van der Waals surface area contributed by atoms with Crippen molar-refractivity contribution in [2.45, 2.75) is 19.9 Å². The Bertz CT molecular complexity index is 525. The SMILES string of the molecule is CC(C)NC(=O)CN1CCN(C(=O)c2ccc(Cl)nc2)CC1. The fourth-order valence-electron chi connectivity index (χ4n) is 2.36. The number of amides is 2. The van der Waals surface area contributed by atoms with Crippen molar-refractivity contribution in [2.24, 2.45) is 0 Å². The first-order valence-corrected chi connectivity index (χ1v) is 7.76. The lowest BCUT2D eigenvalue weighted by molar-refractivity contribution is -0.123. The van der Waals surface area contributed by atoms with E-state index in [2.05, 4.69) is 15.2 Å². The molecule has 7 heteroatoms. The number of carbonyl (C=O) groups is 2. The Morgan fingerprint density at radius 3 is 2.50 bits per heavy atom. The number of piperazine rings is 1. The van der Waals surface area contributed by atoms with Crippen molar-refractivity contribution in [3.63, 3.8) is 0 Å². The van der Waals surface area contributed by atoms with Crippen molar-refractivity contribution < 1.29 is 9.59 Å². The lowest BCUT2D eigenvalue weighted by atomic mass is 10.2. The van der Waals surface area contributed by atoms with Gasteiger partial charge in [0.15, 0.2) is 0 Å². The number of pyridine rings is 1. The van der Waals surface area contributed by atoms with E-state index in [1.165, 1.54) is 6.20 Å². The van der Waals surface area contributed by atoms with Crippen molar-refractivity contribution in [1.82, 2.24) is 20.1 Å². The number of aromatic nitrogens is 1. The number of halogens is 1. The Balaban J connectivity index is 1.83. The molecule has 1 saturated heterocycles. The highest BCUT2D eigenvalue weighted by Crippen LogP contribution is 2.10. The van der Waals surface area contributed by atoms with Gasteiger partial charge in [-0.25, -0.2) is 4.98 Å². The molecule has 1 aliphatic rings. The van der Waals surface area contributed by atoms with E-state index in [0.717, 1.165) is 0 Å². The summed E-state index contributed by atoms with van der Waals surface area (Å²) in [6, 6.07) is 3.44. The van der Waals surface area contributed by atoms with Crippen LogP contribution in [0.3, 0.4) is 0 Å². The highest BCUT2D eigenvalue weighted by molar-refractivity contribution is 6.29. The van der Waals surface area contributed by atoms with Crippen LogP contribution in [0.15, 0.2) is 18.3 Å². The molecule has 22 heavy (non-hydrogen) atoms. The summed E-state index contributed by atoms with van der Waals surface area (Å²) >= 11 is 5.73. The zero-order valence-electron chi connectivity index (χ0n) is 12.9. The molecule has 1 N–H and O–H groups in total. The van der Waals surface area contributed by atoms with Gasteiger partial charge in [-0.15, -0.1) is 0 Å². The third-order valence-corrected chi connectivity index (χ3v) is 3.67. The van der Waals surface area contributed by atoms with Crippen LogP contribution in [0, 0.1) is 0 Å². The van der Waals surface area contributed by atoms with Crippen molar-refractivity contribution in [2.75, 3.05) is 32.7 Å². The minimum Gasteiger partial charge on any atom is -0.353 e. The van der Waals surface area contributed by atoms with Crippen LogP contribution in [0.1, 0.15) is 24.2 Å². The summed E-state index contributed by atoms with van der Waals surface area (Å²) in [6.07, 6.45) is 1.49.